The van der Waals surface area contributed by atoms with Gasteiger partial charge in [0.1, 0.15) is 11.4 Å². The van der Waals surface area contributed by atoms with E-state index in [1.807, 2.05) is 44.2 Å². The van der Waals surface area contributed by atoms with Crippen LogP contribution in [-0.4, -0.2) is 42.0 Å². The van der Waals surface area contributed by atoms with Gasteiger partial charge < -0.3 is 19.9 Å². The van der Waals surface area contributed by atoms with Gasteiger partial charge in [0.15, 0.2) is 6.10 Å². The quantitative estimate of drug-likeness (QED) is 0.834. The zero-order valence-electron chi connectivity index (χ0n) is 12.5. The van der Waals surface area contributed by atoms with Crippen molar-refractivity contribution in [1.82, 2.24) is 5.32 Å². The average Bonchev–Trinajstić information content (AvgIpc) is 2.83. The Morgan fingerprint density at radius 3 is 2.81 bits per heavy atom. The zero-order valence-corrected chi connectivity index (χ0v) is 12.5. The largest absolute Gasteiger partial charge is 0.481 e. The van der Waals surface area contributed by atoms with E-state index in [1.165, 1.54) is 0 Å². The lowest BCUT2D eigenvalue weighted by Gasteiger charge is -2.27. The van der Waals surface area contributed by atoms with Gasteiger partial charge in [-0.2, -0.15) is 0 Å². The second-order valence-corrected chi connectivity index (χ2v) is 5.41. The van der Waals surface area contributed by atoms with Crippen molar-refractivity contribution in [1.29, 1.82) is 0 Å². The number of amides is 1. The molecular formula is C16H23NO4. The summed E-state index contributed by atoms with van der Waals surface area (Å²) < 4.78 is 11.0. The zero-order chi connectivity index (χ0) is 15.3. The molecule has 0 radical (unpaired) electrons. The Balaban J connectivity index is 1.88. The number of carbonyl (C=O) groups excluding carboxylic acids is 1. The van der Waals surface area contributed by atoms with E-state index in [0.717, 1.165) is 0 Å². The molecule has 0 bridgehead atoms. The number of rotatable bonds is 6. The van der Waals surface area contributed by atoms with Crippen LogP contribution < -0.4 is 10.1 Å². The van der Waals surface area contributed by atoms with Crippen LogP contribution in [0.4, 0.5) is 0 Å². The molecule has 0 aromatic heterocycles. The fraction of sp³-hybridized carbons (Fsp3) is 0.562. The first-order chi connectivity index (χ1) is 10.0. The van der Waals surface area contributed by atoms with E-state index < -0.39 is 11.7 Å². The second-order valence-electron chi connectivity index (χ2n) is 5.41. The van der Waals surface area contributed by atoms with E-state index in [9.17, 15) is 9.90 Å². The smallest absolute Gasteiger partial charge is 0.261 e. The van der Waals surface area contributed by atoms with Crippen LogP contribution in [0.1, 0.15) is 26.7 Å². The molecular weight excluding hydrogens is 270 g/mol. The van der Waals surface area contributed by atoms with Gasteiger partial charge in [0.2, 0.25) is 0 Å². The molecule has 1 aliphatic heterocycles. The fourth-order valence-corrected chi connectivity index (χ4v) is 2.34. The van der Waals surface area contributed by atoms with E-state index in [0.29, 0.717) is 25.2 Å². The lowest BCUT2D eigenvalue weighted by Crippen LogP contribution is -2.50. The Bertz CT molecular complexity index is 465. The van der Waals surface area contributed by atoms with Gasteiger partial charge in [-0.1, -0.05) is 25.1 Å². The maximum atomic E-state index is 12.2. The number of nitrogens with one attached hydrogen (secondary N) is 1. The predicted molar refractivity (Wildman–Crippen MR) is 79.1 cm³/mol. The summed E-state index contributed by atoms with van der Waals surface area (Å²) >= 11 is 0. The number of ether oxygens (including phenoxy) is 2. The summed E-state index contributed by atoms with van der Waals surface area (Å²) in [6, 6.07) is 9.25. The minimum absolute atomic E-state index is 0.182. The molecule has 1 aromatic carbocycles. The Kier molecular flexibility index (Phi) is 5.20. The predicted octanol–water partition coefficient (Wildman–Crippen LogP) is 1.50. The van der Waals surface area contributed by atoms with Crippen molar-refractivity contribution in [3.8, 4) is 5.75 Å². The van der Waals surface area contributed by atoms with E-state index in [4.69, 9.17) is 9.47 Å². The van der Waals surface area contributed by atoms with Crippen molar-refractivity contribution in [2.45, 2.75) is 44.5 Å². The maximum Gasteiger partial charge on any atom is 0.261 e. The summed E-state index contributed by atoms with van der Waals surface area (Å²) in [5.74, 6) is 0.449. The van der Waals surface area contributed by atoms with Gasteiger partial charge in [-0.15, -0.1) is 0 Å². The molecule has 116 valence electrons. The number of benzene rings is 1. The summed E-state index contributed by atoms with van der Waals surface area (Å²) in [5, 5.41) is 13.1. The van der Waals surface area contributed by atoms with E-state index >= 15 is 0 Å². The number of aliphatic hydroxyl groups is 1. The van der Waals surface area contributed by atoms with E-state index in [1.54, 1.807) is 0 Å². The number of carbonyl (C=O) groups is 1. The molecule has 1 aromatic rings. The first kappa shape index (κ1) is 15.8. The highest BCUT2D eigenvalue weighted by molar-refractivity contribution is 5.81. The summed E-state index contributed by atoms with van der Waals surface area (Å²) in [5.41, 5.74) is -0.985. The molecule has 0 spiro atoms. The maximum absolute atomic E-state index is 12.2. The minimum atomic E-state index is -0.985. The van der Waals surface area contributed by atoms with Crippen LogP contribution in [-0.2, 0) is 9.53 Å². The molecule has 1 fully saturated rings. The molecule has 5 nitrogen and oxygen atoms in total. The van der Waals surface area contributed by atoms with Crippen LogP contribution >= 0.6 is 0 Å². The lowest BCUT2D eigenvalue weighted by molar-refractivity contribution is -0.129. The fourth-order valence-electron chi connectivity index (χ4n) is 2.34. The third-order valence-corrected chi connectivity index (χ3v) is 3.91. The summed E-state index contributed by atoms with van der Waals surface area (Å²) in [4.78, 5) is 12.2. The van der Waals surface area contributed by atoms with Crippen molar-refractivity contribution >= 4 is 5.91 Å². The highest BCUT2D eigenvalue weighted by atomic mass is 16.5. The SMILES string of the molecule is CCC(Oc1ccccc1)C(=O)NCC1(O)CCOC1C. The standard InChI is InChI=1S/C16H23NO4/c1-3-14(21-13-7-5-4-6-8-13)15(18)17-11-16(19)9-10-20-12(16)2/h4-8,12,14,19H,3,9-11H2,1-2H3,(H,17,18). The Morgan fingerprint density at radius 2 is 2.24 bits per heavy atom. The van der Waals surface area contributed by atoms with Gasteiger partial charge in [0, 0.05) is 19.6 Å². The molecule has 1 heterocycles. The monoisotopic (exact) mass is 293 g/mol. The Hall–Kier alpha value is -1.59. The number of para-hydroxylation sites is 1. The van der Waals surface area contributed by atoms with Crippen molar-refractivity contribution in [2.24, 2.45) is 0 Å². The van der Waals surface area contributed by atoms with Gasteiger partial charge in [-0.3, -0.25) is 4.79 Å². The van der Waals surface area contributed by atoms with Crippen molar-refractivity contribution in [3.63, 3.8) is 0 Å². The Labute approximate surface area is 125 Å². The molecule has 3 atom stereocenters. The highest BCUT2D eigenvalue weighted by Crippen LogP contribution is 2.24. The molecule has 0 aliphatic carbocycles. The van der Waals surface area contributed by atoms with Gasteiger partial charge in [-0.25, -0.2) is 0 Å². The summed E-state index contributed by atoms with van der Waals surface area (Å²) in [6.07, 6.45) is 0.261. The third kappa shape index (κ3) is 3.95. The molecule has 2 rings (SSSR count). The minimum Gasteiger partial charge on any atom is -0.481 e. The van der Waals surface area contributed by atoms with Crippen LogP contribution in [0.5, 0.6) is 5.75 Å². The van der Waals surface area contributed by atoms with Crippen molar-refractivity contribution < 1.29 is 19.4 Å². The second kappa shape index (κ2) is 6.91. The number of hydrogen-bond donors (Lipinski definition) is 2. The summed E-state index contributed by atoms with van der Waals surface area (Å²) in [6.45, 7) is 4.41. The first-order valence-electron chi connectivity index (χ1n) is 7.38. The molecule has 21 heavy (non-hydrogen) atoms. The first-order valence-corrected chi connectivity index (χ1v) is 7.38. The van der Waals surface area contributed by atoms with Gasteiger partial charge in [-0.05, 0) is 25.5 Å². The highest BCUT2D eigenvalue weighted by Gasteiger charge is 2.40. The molecule has 0 saturated carbocycles. The van der Waals surface area contributed by atoms with E-state index in [-0.39, 0.29) is 18.6 Å². The third-order valence-electron chi connectivity index (χ3n) is 3.91. The van der Waals surface area contributed by atoms with Crippen LogP contribution in [0.25, 0.3) is 0 Å². The van der Waals surface area contributed by atoms with Gasteiger partial charge in [0.25, 0.3) is 5.91 Å². The van der Waals surface area contributed by atoms with Crippen molar-refractivity contribution in [3.05, 3.63) is 30.3 Å². The normalized spacial score (nSPS) is 26.3. The Morgan fingerprint density at radius 1 is 1.52 bits per heavy atom. The topological polar surface area (TPSA) is 67.8 Å². The average molecular weight is 293 g/mol. The molecule has 5 heteroatoms. The van der Waals surface area contributed by atoms with Gasteiger partial charge >= 0.3 is 0 Å². The van der Waals surface area contributed by atoms with Crippen LogP contribution in [0.2, 0.25) is 0 Å². The number of hydrogen-bond acceptors (Lipinski definition) is 4. The molecule has 3 unspecified atom stereocenters. The molecule has 1 saturated heterocycles. The summed E-state index contributed by atoms with van der Waals surface area (Å²) in [7, 11) is 0. The molecule has 1 amide bonds. The van der Waals surface area contributed by atoms with Gasteiger partial charge in [0.05, 0.1) is 6.10 Å². The van der Waals surface area contributed by atoms with Crippen LogP contribution in [0.15, 0.2) is 30.3 Å². The molecule has 2 N–H and O–H groups in total. The lowest BCUT2D eigenvalue weighted by atomic mass is 9.96. The van der Waals surface area contributed by atoms with Crippen molar-refractivity contribution in [2.75, 3.05) is 13.2 Å². The van der Waals surface area contributed by atoms with E-state index in [2.05, 4.69) is 5.32 Å². The molecule has 1 aliphatic rings. The van der Waals surface area contributed by atoms with Crippen LogP contribution in [0.3, 0.4) is 0 Å². The van der Waals surface area contributed by atoms with Crippen LogP contribution in [0, 0.1) is 0 Å².